The molecule has 0 saturated carbocycles. The molecule has 202 valence electrons. The van der Waals surface area contributed by atoms with Crippen LogP contribution in [0, 0.1) is 20.8 Å². The number of benzene rings is 3. The zero-order chi connectivity index (χ0) is 27.9. The van der Waals surface area contributed by atoms with E-state index < -0.39 is 28.5 Å². The predicted molar refractivity (Wildman–Crippen MR) is 151 cm³/mol. The molecule has 3 aromatic carbocycles. The lowest BCUT2D eigenvalue weighted by atomic mass is 10.1. The van der Waals surface area contributed by atoms with Crippen LogP contribution in [0.2, 0.25) is 0 Å². The Hall–Kier alpha value is -3.65. The summed E-state index contributed by atoms with van der Waals surface area (Å²) in [5.41, 5.74) is 3.89. The van der Waals surface area contributed by atoms with Crippen LogP contribution in [0.15, 0.2) is 77.7 Å². The van der Waals surface area contributed by atoms with Crippen LogP contribution < -0.4 is 9.62 Å². The Kier molecular flexibility index (Phi) is 9.69. The fourth-order valence-electron chi connectivity index (χ4n) is 4.35. The van der Waals surface area contributed by atoms with E-state index >= 15 is 0 Å². The van der Waals surface area contributed by atoms with E-state index in [1.54, 1.807) is 36.4 Å². The van der Waals surface area contributed by atoms with E-state index in [9.17, 15) is 18.0 Å². The molecule has 0 radical (unpaired) electrons. The summed E-state index contributed by atoms with van der Waals surface area (Å²) in [5.74, 6) is -0.720. The molecule has 0 aliphatic heterocycles. The first kappa shape index (κ1) is 28.9. The van der Waals surface area contributed by atoms with Gasteiger partial charge in [-0.15, -0.1) is 0 Å². The molecular formula is C30H37N3O4S. The van der Waals surface area contributed by atoms with Gasteiger partial charge in [-0.05, 0) is 69.0 Å². The minimum Gasteiger partial charge on any atom is -0.355 e. The van der Waals surface area contributed by atoms with Crippen molar-refractivity contribution in [3.63, 3.8) is 0 Å². The number of nitrogens with one attached hydrogen (secondary N) is 1. The first-order valence-electron chi connectivity index (χ1n) is 12.9. The van der Waals surface area contributed by atoms with Gasteiger partial charge in [-0.1, -0.05) is 67.1 Å². The van der Waals surface area contributed by atoms with Crippen molar-refractivity contribution in [3.8, 4) is 0 Å². The van der Waals surface area contributed by atoms with Crippen molar-refractivity contribution in [2.24, 2.45) is 0 Å². The second-order valence-corrected chi connectivity index (χ2v) is 11.2. The number of amides is 2. The van der Waals surface area contributed by atoms with Gasteiger partial charge in [0.2, 0.25) is 11.8 Å². The minimum absolute atomic E-state index is 0.0992. The topological polar surface area (TPSA) is 86.8 Å². The molecule has 8 heteroatoms. The summed E-state index contributed by atoms with van der Waals surface area (Å²) in [5, 5.41) is 2.82. The maximum atomic E-state index is 14.0. The minimum atomic E-state index is -4.09. The summed E-state index contributed by atoms with van der Waals surface area (Å²) in [6.45, 7) is 9.47. The highest BCUT2D eigenvalue weighted by atomic mass is 32.2. The molecule has 0 saturated heterocycles. The number of nitrogens with zero attached hydrogens (tertiary/aromatic N) is 2. The molecule has 2 amide bonds. The third-order valence-electron chi connectivity index (χ3n) is 6.67. The van der Waals surface area contributed by atoms with Gasteiger partial charge in [-0.25, -0.2) is 8.42 Å². The van der Waals surface area contributed by atoms with Crippen LogP contribution in [-0.4, -0.2) is 44.3 Å². The highest BCUT2D eigenvalue weighted by Crippen LogP contribution is 2.29. The number of anilines is 1. The van der Waals surface area contributed by atoms with Gasteiger partial charge in [0.1, 0.15) is 12.6 Å². The van der Waals surface area contributed by atoms with Gasteiger partial charge < -0.3 is 10.2 Å². The molecule has 1 atom stereocenters. The maximum Gasteiger partial charge on any atom is 0.264 e. The van der Waals surface area contributed by atoms with Crippen LogP contribution >= 0.6 is 0 Å². The van der Waals surface area contributed by atoms with E-state index in [-0.39, 0.29) is 17.3 Å². The highest BCUT2D eigenvalue weighted by molar-refractivity contribution is 7.92. The molecule has 0 aromatic heterocycles. The summed E-state index contributed by atoms with van der Waals surface area (Å²) >= 11 is 0. The highest BCUT2D eigenvalue weighted by Gasteiger charge is 2.34. The smallest absolute Gasteiger partial charge is 0.264 e. The zero-order valence-electron chi connectivity index (χ0n) is 22.8. The van der Waals surface area contributed by atoms with Gasteiger partial charge in [0.05, 0.1) is 10.6 Å². The van der Waals surface area contributed by atoms with Crippen molar-refractivity contribution in [1.29, 1.82) is 0 Å². The largest absolute Gasteiger partial charge is 0.355 e. The van der Waals surface area contributed by atoms with Crippen molar-refractivity contribution in [1.82, 2.24) is 10.2 Å². The quantitative estimate of drug-likeness (QED) is 0.384. The number of hydrogen-bond donors (Lipinski definition) is 1. The molecule has 3 aromatic rings. The third kappa shape index (κ3) is 6.61. The Morgan fingerprint density at radius 2 is 1.53 bits per heavy atom. The summed E-state index contributed by atoms with van der Waals surface area (Å²) < 4.78 is 29.1. The number of likely N-dealkylation sites (N-methyl/N-ethyl adjacent to an activating group) is 1. The number of sulfonamides is 1. The SMILES string of the molecule is CCNC(=O)[C@@H](CC)N(Cc1ccccc1)C(=O)CN(c1cccc(C)c1C)S(=O)(=O)c1ccc(C)cc1. The second-order valence-electron chi connectivity index (χ2n) is 9.37. The van der Waals surface area contributed by atoms with Gasteiger partial charge in [-0.3, -0.25) is 13.9 Å². The maximum absolute atomic E-state index is 14.0. The first-order chi connectivity index (χ1) is 18.1. The Morgan fingerprint density at radius 3 is 2.13 bits per heavy atom. The zero-order valence-corrected chi connectivity index (χ0v) is 23.6. The van der Waals surface area contributed by atoms with Crippen molar-refractivity contribution in [2.75, 3.05) is 17.4 Å². The number of carbonyl (C=O) groups is 2. The molecular weight excluding hydrogens is 498 g/mol. The Balaban J connectivity index is 2.09. The Labute approximate surface area is 226 Å². The first-order valence-corrected chi connectivity index (χ1v) is 14.3. The molecule has 0 aliphatic carbocycles. The molecule has 0 unspecified atom stereocenters. The lowest BCUT2D eigenvalue weighted by Gasteiger charge is -2.33. The van der Waals surface area contributed by atoms with Gasteiger partial charge in [0.15, 0.2) is 0 Å². The summed E-state index contributed by atoms with van der Waals surface area (Å²) in [6.07, 6.45) is 0.387. The van der Waals surface area contributed by atoms with Crippen molar-refractivity contribution in [3.05, 3.63) is 95.1 Å². The standard InChI is InChI=1S/C30H37N3O4S/c1-6-27(30(35)31-7-2)32(20-25-13-9-8-10-14-25)29(34)21-33(28-15-11-12-23(4)24(28)5)38(36,37)26-18-16-22(3)17-19-26/h8-19,27H,6-7,20-21H2,1-5H3,(H,31,35)/t27-/m1/s1. The van der Waals surface area contributed by atoms with E-state index in [1.807, 2.05) is 71.0 Å². The average molecular weight is 536 g/mol. The molecule has 7 nitrogen and oxygen atoms in total. The van der Waals surface area contributed by atoms with E-state index in [0.29, 0.717) is 18.7 Å². The normalized spacial score (nSPS) is 12.0. The van der Waals surface area contributed by atoms with Crippen LogP contribution in [0.5, 0.6) is 0 Å². The summed E-state index contributed by atoms with van der Waals surface area (Å²) in [6, 6.07) is 20.6. The van der Waals surface area contributed by atoms with Gasteiger partial charge in [0, 0.05) is 13.1 Å². The molecule has 3 rings (SSSR count). The fraction of sp³-hybridized carbons (Fsp3) is 0.333. The molecule has 0 aliphatic rings. The lowest BCUT2D eigenvalue weighted by Crippen LogP contribution is -2.52. The summed E-state index contributed by atoms with van der Waals surface area (Å²) in [7, 11) is -4.09. The van der Waals surface area contributed by atoms with Crippen LogP contribution in [-0.2, 0) is 26.2 Å². The third-order valence-corrected chi connectivity index (χ3v) is 8.44. The number of hydrogen-bond acceptors (Lipinski definition) is 4. The Bertz CT molecular complexity index is 1360. The van der Waals surface area contributed by atoms with Crippen molar-refractivity contribution >= 4 is 27.5 Å². The van der Waals surface area contributed by atoms with Gasteiger partial charge >= 0.3 is 0 Å². The summed E-state index contributed by atoms with van der Waals surface area (Å²) in [4.78, 5) is 28.6. The van der Waals surface area contributed by atoms with Crippen LogP contribution in [0.3, 0.4) is 0 Å². The van der Waals surface area contributed by atoms with Crippen molar-refractivity contribution in [2.45, 2.75) is 58.5 Å². The van der Waals surface area contributed by atoms with Crippen LogP contribution in [0.25, 0.3) is 0 Å². The molecule has 0 bridgehead atoms. The second kappa shape index (κ2) is 12.7. The van der Waals surface area contributed by atoms with Crippen LogP contribution in [0.4, 0.5) is 5.69 Å². The van der Waals surface area contributed by atoms with E-state index in [1.165, 1.54) is 9.21 Å². The molecule has 38 heavy (non-hydrogen) atoms. The molecule has 1 N–H and O–H groups in total. The van der Waals surface area contributed by atoms with E-state index in [0.717, 1.165) is 22.3 Å². The lowest BCUT2D eigenvalue weighted by molar-refractivity contribution is -0.140. The van der Waals surface area contributed by atoms with Gasteiger partial charge in [0.25, 0.3) is 10.0 Å². The fourth-order valence-corrected chi connectivity index (χ4v) is 5.82. The van der Waals surface area contributed by atoms with E-state index in [4.69, 9.17) is 0 Å². The monoisotopic (exact) mass is 535 g/mol. The number of aryl methyl sites for hydroxylation is 2. The van der Waals surface area contributed by atoms with Crippen molar-refractivity contribution < 1.29 is 18.0 Å². The molecule has 0 spiro atoms. The van der Waals surface area contributed by atoms with Gasteiger partial charge in [-0.2, -0.15) is 0 Å². The Morgan fingerprint density at radius 1 is 0.868 bits per heavy atom. The van der Waals surface area contributed by atoms with Crippen LogP contribution in [0.1, 0.15) is 42.5 Å². The number of rotatable bonds is 11. The predicted octanol–water partition coefficient (Wildman–Crippen LogP) is 4.75. The molecule has 0 fully saturated rings. The average Bonchev–Trinajstić information content (AvgIpc) is 2.90. The molecule has 0 heterocycles. The van der Waals surface area contributed by atoms with E-state index in [2.05, 4.69) is 5.32 Å². The number of carbonyl (C=O) groups excluding carboxylic acids is 2.